The number of aromatic nitrogens is 1. The first kappa shape index (κ1) is 30.3. The van der Waals surface area contributed by atoms with Gasteiger partial charge >= 0.3 is 4.87 Å². The van der Waals surface area contributed by atoms with Crippen LogP contribution in [0.1, 0.15) is 22.8 Å². The van der Waals surface area contributed by atoms with Crippen molar-refractivity contribution in [3.05, 3.63) is 101 Å². The molecule has 2 N–H and O–H groups in total. The molecule has 3 amide bonds. The van der Waals surface area contributed by atoms with Crippen LogP contribution in [0, 0.1) is 29.6 Å². The Morgan fingerprint density at radius 2 is 1.67 bits per heavy atom. The lowest BCUT2D eigenvalue weighted by Crippen LogP contribution is -2.42. The Hall–Kier alpha value is -3.09. The number of anilines is 2. The summed E-state index contributed by atoms with van der Waals surface area (Å²) in [5.74, 6) is -0.769. The van der Waals surface area contributed by atoms with E-state index in [0.717, 1.165) is 26.4 Å². The summed E-state index contributed by atoms with van der Waals surface area (Å²) in [4.78, 5) is 58.1. The molecule has 2 bridgehead atoms. The third-order valence-corrected chi connectivity index (χ3v) is 13.5. The maximum absolute atomic E-state index is 13.9. The molecule has 3 fully saturated rings. The Morgan fingerprint density at radius 1 is 0.957 bits per heavy atom. The molecule has 8 rings (SSSR count). The van der Waals surface area contributed by atoms with Crippen molar-refractivity contribution in [1.29, 1.82) is 0 Å². The molecule has 0 spiro atoms. The summed E-state index contributed by atoms with van der Waals surface area (Å²) in [5, 5.41) is 4.42. The first-order valence-electron chi connectivity index (χ1n) is 14.7. The Bertz CT molecular complexity index is 1970. The molecule has 1 aromatic heterocycles. The maximum atomic E-state index is 13.9. The topological polar surface area (TPSA) is 109 Å². The van der Waals surface area contributed by atoms with Crippen LogP contribution in [0.3, 0.4) is 0 Å². The van der Waals surface area contributed by atoms with Gasteiger partial charge in [0.15, 0.2) is 6.61 Å². The Kier molecular flexibility index (Phi) is 7.60. The monoisotopic (exact) mass is 755 g/mol. The summed E-state index contributed by atoms with van der Waals surface area (Å²) in [7, 11) is 0. The van der Waals surface area contributed by atoms with Crippen LogP contribution in [0.5, 0.6) is 5.75 Å². The van der Waals surface area contributed by atoms with E-state index in [1.165, 1.54) is 16.2 Å². The van der Waals surface area contributed by atoms with Crippen molar-refractivity contribution in [2.45, 2.75) is 22.6 Å². The SMILES string of the molecule is O=C(COc1ccc([C@H]2c3sc(=O)[nH]c3SC3C4CC(C5C(=O)N(c6ccc(Br)cc6)C(=O)C45)C32)cc1)Nc1ccc(Cl)c(Cl)c1. The Morgan fingerprint density at radius 3 is 2.39 bits per heavy atom. The smallest absolute Gasteiger partial charge is 0.305 e. The molecule has 1 saturated heterocycles. The molecule has 3 aromatic carbocycles. The third-order valence-electron chi connectivity index (χ3n) is 9.62. The molecule has 6 unspecified atom stereocenters. The zero-order valence-electron chi connectivity index (χ0n) is 23.7. The standard InChI is InChI=1S/C33H24BrCl2N3O5S2/c34-15-3-6-17(7-4-15)39-31(41)26-19-12-20(27(26)32(39)42)28-25(19)24(29-30(45-28)38-33(43)46-29)14-1-8-18(9-2-14)44-13-23(40)37-16-5-10-21(35)22(36)11-16/h1-11,19-20,24-28H,12-13H2,(H,37,40)(H,38,43)/t19?,20?,24-,25?,26?,27?,28?/m1/s1. The number of thioether (sulfide) groups is 1. The number of hydrogen-bond donors (Lipinski definition) is 2. The highest BCUT2D eigenvalue weighted by atomic mass is 79.9. The number of hydrogen-bond acceptors (Lipinski definition) is 7. The van der Waals surface area contributed by atoms with Gasteiger partial charge in [-0.1, -0.05) is 62.6 Å². The molecule has 4 aromatic rings. The summed E-state index contributed by atoms with van der Waals surface area (Å²) < 4.78 is 6.65. The van der Waals surface area contributed by atoms with Crippen molar-refractivity contribution >= 4 is 91.3 Å². The van der Waals surface area contributed by atoms with E-state index in [2.05, 4.69) is 26.2 Å². The van der Waals surface area contributed by atoms with Crippen LogP contribution in [-0.4, -0.2) is 34.6 Å². The normalized spacial score (nSPS) is 27.4. The van der Waals surface area contributed by atoms with Crippen LogP contribution in [-0.2, 0) is 14.4 Å². The number of amides is 3. The van der Waals surface area contributed by atoms with E-state index in [0.29, 0.717) is 27.2 Å². The van der Waals surface area contributed by atoms with Gasteiger partial charge in [-0.2, -0.15) is 0 Å². The fourth-order valence-corrected chi connectivity index (χ4v) is 11.4. The second-order valence-electron chi connectivity index (χ2n) is 12.0. The summed E-state index contributed by atoms with van der Waals surface area (Å²) in [6, 6.07) is 19.7. The van der Waals surface area contributed by atoms with Gasteiger partial charge in [-0.15, -0.1) is 11.8 Å². The number of carbonyl (C=O) groups excluding carboxylic acids is 3. The van der Waals surface area contributed by atoms with Gasteiger partial charge in [0.1, 0.15) is 5.75 Å². The summed E-state index contributed by atoms with van der Waals surface area (Å²) in [6.07, 6.45) is 0.814. The van der Waals surface area contributed by atoms with E-state index in [1.54, 1.807) is 42.1 Å². The van der Waals surface area contributed by atoms with Crippen LogP contribution < -0.4 is 19.8 Å². The highest BCUT2D eigenvalue weighted by Crippen LogP contribution is 2.68. The van der Waals surface area contributed by atoms with Crippen molar-refractivity contribution in [3.63, 3.8) is 0 Å². The number of thiazole rings is 1. The van der Waals surface area contributed by atoms with Crippen LogP contribution in [0.15, 0.2) is 81.0 Å². The summed E-state index contributed by atoms with van der Waals surface area (Å²) in [6.45, 7) is -0.203. The van der Waals surface area contributed by atoms with Crippen molar-refractivity contribution < 1.29 is 19.1 Å². The maximum Gasteiger partial charge on any atom is 0.305 e. The molecule has 3 heterocycles. The van der Waals surface area contributed by atoms with E-state index in [4.69, 9.17) is 27.9 Å². The quantitative estimate of drug-likeness (QED) is 0.202. The number of H-pyrrole nitrogens is 1. The number of carbonyl (C=O) groups is 3. The fraction of sp³-hybridized carbons (Fsp3) is 0.273. The molecule has 8 nitrogen and oxygen atoms in total. The molecule has 234 valence electrons. The molecule has 2 saturated carbocycles. The molecule has 7 atom stereocenters. The molecule has 13 heteroatoms. The molecule has 4 aliphatic rings. The average Bonchev–Trinajstić information content (AvgIpc) is 3.78. The highest BCUT2D eigenvalue weighted by molar-refractivity contribution is 9.10. The highest BCUT2D eigenvalue weighted by Gasteiger charge is 2.69. The minimum absolute atomic E-state index is 0.0146. The zero-order chi connectivity index (χ0) is 31.9. The number of aromatic amines is 1. The van der Waals surface area contributed by atoms with E-state index in [-0.39, 0.29) is 70.0 Å². The lowest BCUT2D eigenvalue weighted by atomic mass is 9.68. The second-order valence-corrected chi connectivity index (χ2v) is 15.9. The summed E-state index contributed by atoms with van der Waals surface area (Å²) >= 11 is 18.3. The number of ether oxygens (including phenoxy) is 1. The van der Waals surface area contributed by atoms with Crippen LogP contribution in [0.4, 0.5) is 11.4 Å². The lowest BCUT2D eigenvalue weighted by molar-refractivity contribution is -0.123. The molecule has 2 aliphatic carbocycles. The number of imide groups is 1. The Balaban J connectivity index is 1.04. The van der Waals surface area contributed by atoms with Gasteiger partial charge in [0.2, 0.25) is 11.8 Å². The van der Waals surface area contributed by atoms with Gasteiger partial charge in [0, 0.05) is 26.2 Å². The van der Waals surface area contributed by atoms with Crippen molar-refractivity contribution in [3.8, 4) is 5.75 Å². The van der Waals surface area contributed by atoms with E-state index >= 15 is 0 Å². The first-order chi connectivity index (χ1) is 22.2. The number of fused-ring (bicyclic) bond motifs is 9. The van der Waals surface area contributed by atoms with Crippen molar-refractivity contribution in [1.82, 2.24) is 4.98 Å². The van der Waals surface area contributed by atoms with Gasteiger partial charge in [-0.3, -0.25) is 24.1 Å². The molecular formula is C33H24BrCl2N3O5S2. The molecular weight excluding hydrogens is 733 g/mol. The van der Waals surface area contributed by atoms with Gasteiger partial charge in [0.25, 0.3) is 5.91 Å². The predicted molar refractivity (Wildman–Crippen MR) is 182 cm³/mol. The second kappa shape index (κ2) is 11.6. The minimum atomic E-state index is -0.376. The number of halogens is 3. The molecule has 0 radical (unpaired) electrons. The van der Waals surface area contributed by atoms with Gasteiger partial charge in [0.05, 0.1) is 32.6 Å². The van der Waals surface area contributed by atoms with Crippen molar-refractivity contribution in [2.24, 2.45) is 29.6 Å². The fourth-order valence-electron chi connectivity index (χ4n) is 7.93. The molecule has 46 heavy (non-hydrogen) atoms. The van der Waals surface area contributed by atoms with Gasteiger partial charge in [-0.25, -0.2) is 0 Å². The van der Waals surface area contributed by atoms with E-state index in [9.17, 15) is 19.2 Å². The number of rotatable bonds is 6. The average molecular weight is 758 g/mol. The largest absolute Gasteiger partial charge is 0.484 e. The third kappa shape index (κ3) is 4.93. The van der Waals surface area contributed by atoms with E-state index in [1.807, 2.05) is 36.4 Å². The van der Waals surface area contributed by atoms with Crippen molar-refractivity contribution in [2.75, 3.05) is 16.8 Å². The minimum Gasteiger partial charge on any atom is -0.484 e. The van der Waals surface area contributed by atoms with Crippen LogP contribution >= 0.6 is 62.2 Å². The van der Waals surface area contributed by atoms with E-state index < -0.39 is 0 Å². The number of nitrogens with zero attached hydrogens (tertiary/aromatic N) is 1. The number of nitrogens with one attached hydrogen (secondary N) is 2. The summed E-state index contributed by atoms with van der Waals surface area (Å²) in [5.41, 5.74) is 2.12. The van der Waals surface area contributed by atoms with Crippen LogP contribution in [0.25, 0.3) is 0 Å². The van der Waals surface area contributed by atoms with Gasteiger partial charge in [-0.05, 0) is 84.3 Å². The predicted octanol–water partition coefficient (Wildman–Crippen LogP) is 7.20. The molecule has 2 aliphatic heterocycles. The Labute approximate surface area is 289 Å². The number of benzene rings is 3. The van der Waals surface area contributed by atoms with Crippen LogP contribution in [0.2, 0.25) is 10.0 Å². The first-order valence-corrected chi connectivity index (χ1v) is 17.9. The lowest BCUT2D eigenvalue weighted by Gasteiger charge is -2.43. The zero-order valence-corrected chi connectivity index (χ0v) is 28.5. The van der Waals surface area contributed by atoms with Gasteiger partial charge < -0.3 is 15.0 Å².